The van der Waals surface area contributed by atoms with Crippen LogP contribution in [-0.4, -0.2) is 60.2 Å². The van der Waals surface area contributed by atoms with Crippen LogP contribution in [0.2, 0.25) is 0 Å². The number of nitrogens with two attached hydrogens (primary N) is 1. The summed E-state index contributed by atoms with van der Waals surface area (Å²) in [6, 6.07) is 0. The highest BCUT2D eigenvalue weighted by Crippen LogP contribution is 2.01. The summed E-state index contributed by atoms with van der Waals surface area (Å²) in [6.07, 6.45) is 3.88. The normalized spacial score (nSPS) is 16.2. The van der Waals surface area contributed by atoms with Gasteiger partial charge in [0.1, 0.15) is 0 Å². The van der Waals surface area contributed by atoms with E-state index in [1.165, 1.54) is 12.4 Å². The van der Waals surface area contributed by atoms with Crippen molar-refractivity contribution in [3.8, 4) is 0 Å². The van der Waals surface area contributed by atoms with Crippen LogP contribution in [0, 0.1) is 0 Å². The molecule has 0 aliphatic carbocycles. The molecule has 1 amide bonds. The van der Waals surface area contributed by atoms with E-state index in [9.17, 15) is 4.79 Å². The second-order valence-corrected chi connectivity index (χ2v) is 4.39. The summed E-state index contributed by atoms with van der Waals surface area (Å²) in [5.41, 5.74) is 5.43. The van der Waals surface area contributed by atoms with Crippen LogP contribution in [0.25, 0.3) is 0 Å². The number of aromatic nitrogens is 2. The number of hydrogen-bond donors (Lipinski definition) is 2. The van der Waals surface area contributed by atoms with Crippen LogP contribution in [0.4, 0.5) is 5.95 Å². The molecular weight excluding hydrogens is 246 g/mol. The summed E-state index contributed by atoms with van der Waals surface area (Å²) in [7, 11) is 0. The van der Waals surface area contributed by atoms with Crippen molar-refractivity contribution < 1.29 is 9.53 Å². The Balaban J connectivity index is 1.66. The quantitative estimate of drug-likeness (QED) is 0.687. The first-order valence-electron chi connectivity index (χ1n) is 6.41. The van der Waals surface area contributed by atoms with Gasteiger partial charge in [-0.1, -0.05) is 0 Å². The molecule has 1 aliphatic heterocycles. The van der Waals surface area contributed by atoms with E-state index in [1.807, 2.05) is 0 Å². The zero-order valence-corrected chi connectivity index (χ0v) is 10.8. The molecule has 0 radical (unpaired) electrons. The minimum absolute atomic E-state index is 0.318. The van der Waals surface area contributed by atoms with Crippen LogP contribution in [0.15, 0.2) is 12.4 Å². The lowest BCUT2D eigenvalue weighted by atomic mass is 10.3. The zero-order chi connectivity index (χ0) is 13.5. The van der Waals surface area contributed by atoms with Gasteiger partial charge in [-0.2, -0.15) is 0 Å². The molecule has 19 heavy (non-hydrogen) atoms. The number of rotatable bonds is 6. The Morgan fingerprint density at radius 3 is 2.68 bits per heavy atom. The van der Waals surface area contributed by atoms with Gasteiger partial charge in [0.15, 0.2) is 0 Å². The van der Waals surface area contributed by atoms with Gasteiger partial charge in [-0.25, -0.2) is 9.97 Å². The molecule has 0 aromatic carbocycles. The van der Waals surface area contributed by atoms with Crippen LogP contribution < -0.4 is 11.1 Å². The second-order valence-electron chi connectivity index (χ2n) is 4.39. The third-order valence-electron chi connectivity index (χ3n) is 2.97. The summed E-state index contributed by atoms with van der Waals surface area (Å²) in [5.74, 6) is 0.00541. The van der Waals surface area contributed by atoms with Gasteiger partial charge in [0.2, 0.25) is 5.95 Å². The predicted molar refractivity (Wildman–Crippen MR) is 70.9 cm³/mol. The summed E-state index contributed by atoms with van der Waals surface area (Å²) >= 11 is 0. The van der Waals surface area contributed by atoms with Crippen molar-refractivity contribution in [3.05, 3.63) is 18.0 Å². The number of nitrogens with zero attached hydrogens (tertiary/aromatic N) is 3. The molecule has 1 fully saturated rings. The average Bonchev–Trinajstić information content (AvgIpc) is 2.45. The first-order chi connectivity index (χ1) is 9.25. The highest BCUT2D eigenvalue weighted by Gasteiger charge is 2.09. The van der Waals surface area contributed by atoms with E-state index in [4.69, 9.17) is 10.5 Å². The van der Waals surface area contributed by atoms with Crippen molar-refractivity contribution in [2.75, 3.05) is 44.7 Å². The molecule has 1 aromatic heterocycles. The van der Waals surface area contributed by atoms with Crippen molar-refractivity contribution in [1.29, 1.82) is 0 Å². The molecule has 7 heteroatoms. The number of anilines is 1. The highest BCUT2D eigenvalue weighted by molar-refractivity contribution is 5.92. The maximum Gasteiger partial charge on any atom is 0.251 e. The van der Waals surface area contributed by atoms with Crippen molar-refractivity contribution in [3.63, 3.8) is 0 Å². The van der Waals surface area contributed by atoms with Gasteiger partial charge >= 0.3 is 0 Å². The fraction of sp³-hybridized carbons (Fsp3) is 0.583. The van der Waals surface area contributed by atoms with E-state index in [-0.39, 0.29) is 0 Å². The number of nitrogens with one attached hydrogen (secondary N) is 1. The molecule has 2 heterocycles. The van der Waals surface area contributed by atoms with Gasteiger partial charge in [0, 0.05) is 32.0 Å². The molecule has 104 valence electrons. The van der Waals surface area contributed by atoms with Gasteiger partial charge in [-0.15, -0.1) is 0 Å². The Kier molecular flexibility index (Phi) is 5.05. The number of carbonyl (C=O) groups is 1. The minimum Gasteiger partial charge on any atom is -0.379 e. The Hall–Kier alpha value is -1.73. The molecule has 2 rings (SSSR count). The summed E-state index contributed by atoms with van der Waals surface area (Å²) < 4.78 is 5.29. The number of carbonyl (C=O) groups excluding carboxylic acids is 1. The molecule has 1 aliphatic rings. The van der Waals surface area contributed by atoms with Crippen molar-refractivity contribution in [2.24, 2.45) is 5.73 Å². The standard InChI is InChI=1S/C12H19N5O2/c13-11(18)10-8-15-12(16-9-10)14-2-1-3-17-4-6-19-7-5-17/h8-9H,1-7H2,(H2,13,18)(H,14,15,16). The Morgan fingerprint density at radius 2 is 2.05 bits per heavy atom. The highest BCUT2D eigenvalue weighted by atomic mass is 16.5. The Bertz CT molecular complexity index is 403. The molecule has 0 saturated carbocycles. The maximum absolute atomic E-state index is 10.9. The van der Waals surface area contributed by atoms with Crippen molar-refractivity contribution >= 4 is 11.9 Å². The molecule has 0 atom stereocenters. The minimum atomic E-state index is -0.515. The van der Waals surface area contributed by atoms with Crippen LogP contribution in [0.1, 0.15) is 16.8 Å². The molecule has 3 N–H and O–H groups in total. The van der Waals surface area contributed by atoms with Gasteiger partial charge in [-0.3, -0.25) is 9.69 Å². The van der Waals surface area contributed by atoms with Crippen molar-refractivity contribution in [2.45, 2.75) is 6.42 Å². The molecule has 0 spiro atoms. The molecule has 0 unspecified atom stereocenters. The average molecular weight is 265 g/mol. The number of hydrogen-bond acceptors (Lipinski definition) is 6. The lowest BCUT2D eigenvalue weighted by molar-refractivity contribution is 0.0378. The molecule has 7 nitrogen and oxygen atoms in total. The summed E-state index contributed by atoms with van der Waals surface area (Å²) in [4.78, 5) is 21.3. The topological polar surface area (TPSA) is 93.4 Å². The van der Waals surface area contributed by atoms with Gasteiger partial charge in [-0.05, 0) is 13.0 Å². The third-order valence-corrected chi connectivity index (χ3v) is 2.97. The summed E-state index contributed by atoms with van der Waals surface area (Å²) in [5, 5.41) is 3.12. The van der Waals surface area contributed by atoms with Crippen molar-refractivity contribution in [1.82, 2.24) is 14.9 Å². The largest absolute Gasteiger partial charge is 0.379 e. The van der Waals surface area contributed by atoms with E-state index in [2.05, 4.69) is 20.2 Å². The fourth-order valence-corrected chi connectivity index (χ4v) is 1.87. The van der Waals surface area contributed by atoms with Crippen LogP contribution >= 0.6 is 0 Å². The lowest BCUT2D eigenvalue weighted by Crippen LogP contribution is -2.37. The molecule has 1 aromatic rings. The van der Waals surface area contributed by atoms with E-state index in [1.54, 1.807) is 0 Å². The predicted octanol–water partition coefficient (Wildman–Crippen LogP) is -0.290. The molecule has 1 saturated heterocycles. The first-order valence-corrected chi connectivity index (χ1v) is 6.41. The molecule has 0 bridgehead atoms. The van der Waals surface area contributed by atoms with Crippen LogP contribution in [0.3, 0.4) is 0 Å². The number of amides is 1. The van der Waals surface area contributed by atoms with E-state index in [0.717, 1.165) is 45.8 Å². The molecular formula is C12H19N5O2. The van der Waals surface area contributed by atoms with Gasteiger partial charge in [0.25, 0.3) is 5.91 Å². The van der Waals surface area contributed by atoms with E-state index < -0.39 is 5.91 Å². The lowest BCUT2D eigenvalue weighted by Gasteiger charge is -2.26. The zero-order valence-electron chi connectivity index (χ0n) is 10.8. The third kappa shape index (κ3) is 4.46. The Labute approximate surface area is 112 Å². The number of morpholine rings is 1. The number of ether oxygens (including phenoxy) is 1. The summed E-state index contributed by atoms with van der Waals surface area (Å²) in [6.45, 7) is 5.49. The fourth-order valence-electron chi connectivity index (χ4n) is 1.87. The smallest absolute Gasteiger partial charge is 0.251 e. The maximum atomic E-state index is 10.9. The van der Waals surface area contributed by atoms with Gasteiger partial charge in [0.05, 0.1) is 18.8 Å². The monoisotopic (exact) mass is 265 g/mol. The second kappa shape index (κ2) is 7.01. The SMILES string of the molecule is NC(=O)c1cnc(NCCCN2CCOCC2)nc1. The number of primary amides is 1. The van der Waals surface area contributed by atoms with Crippen LogP contribution in [0.5, 0.6) is 0 Å². The first kappa shape index (κ1) is 13.7. The van der Waals surface area contributed by atoms with E-state index >= 15 is 0 Å². The van der Waals surface area contributed by atoms with E-state index in [0.29, 0.717) is 11.5 Å². The van der Waals surface area contributed by atoms with Crippen LogP contribution in [-0.2, 0) is 4.74 Å². The van der Waals surface area contributed by atoms with Gasteiger partial charge < -0.3 is 15.8 Å². The Morgan fingerprint density at radius 1 is 1.37 bits per heavy atom.